The molecule has 2 amide bonds. The Kier molecular flexibility index (Phi) is 7.79. The van der Waals surface area contributed by atoms with Crippen LogP contribution in [0.25, 0.3) is 0 Å². The molecule has 0 saturated carbocycles. The maximum atomic E-state index is 12.4. The first-order chi connectivity index (χ1) is 15.3. The maximum Gasteiger partial charge on any atom is 0.321 e. The lowest BCUT2D eigenvalue weighted by Crippen LogP contribution is -2.37. The summed E-state index contributed by atoms with van der Waals surface area (Å²) in [4.78, 5) is 35.3. The highest BCUT2D eigenvalue weighted by Crippen LogP contribution is 2.31. The van der Waals surface area contributed by atoms with Crippen LogP contribution in [0.15, 0.2) is 53.4 Å². The molecule has 2 aromatic carbocycles. The van der Waals surface area contributed by atoms with Crippen molar-refractivity contribution in [1.29, 1.82) is 0 Å². The van der Waals surface area contributed by atoms with Crippen LogP contribution in [0.5, 0.6) is 11.5 Å². The molecule has 0 aliphatic carbocycles. The molecule has 0 unspecified atom stereocenters. The normalized spacial score (nSPS) is 13.0. The Balaban J connectivity index is 1.44. The molecule has 1 aliphatic heterocycles. The van der Waals surface area contributed by atoms with Crippen LogP contribution in [-0.2, 0) is 35.6 Å². The van der Waals surface area contributed by atoms with Crippen molar-refractivity contribution in [3.63, 3.8) is 0 Å². The number of ether oxygens (including phenoxy) is 3. The molecule has 170 valence electrons. The average molecular weight is 462 g/mol. The molecule has 2 aromatic rings. The second-order valence-electron chi connectivity index (χ2n) is 6.78. The second kappa shape index (κ2) is 10.7. The summed E-state index contributed by atoms with van der Waals surface area (Å²) >= 11 is 0. The molecule has 0 fully saturated rings. The zero-order chi connectivity index (χ0) is 23.0. The van der Waals surface area contributed by atoms with Crippen molar-refractivity contribution in [3.05, 3.63) is 54.1 Å². The number of rotatable bonds is 8. The van der Waals surface area contributed by atoms with Crippen LogP contribution in [0.3, 0.4) is 0 Å². The Morgan fingerprint density at radius 2 is 1.66 bits per heavy atom. The number of esters is 1. The van der Waals surface area contributed by atoms with Gasteiger partial charge in [0.15, 0.2) is 18.1 Å². The van der Waals surface area contributed by atoms with Gasteiger partial charge in [0.05, 0.1) is 24.5 Å². The molecular formula is C21H22N2O8S. The zero-order valence-electron chi connectivity index (χ0n) is 17.0. The maximum absolute atomic E-state index is 12.4. The predicted octanol–water partition coefficient (Wildman–Crippen LogP) is 0.555. The summed E-state index contributed by atoms with van der Waals surface area (Å²) in [7, 11) is -4.03. The van der Waals surface area contributed by atoms with E-state index >= 15 is 0 Å². The van der Waals surface area contributed by atoms with Gasteiger partial charge in [-0.15, -0.1) is 0 Å². The van der Waals surface area contributed by atoms with Gasteiger partial charge in [0, 0.05) is 12.5 Å². The van der Waals surface area contributed by atoms with Crippen LogP contribution in [0.1, 0.15) is 12.0 Å². The van der Waals surface area contributed by atoms with Gasteiger partial charge in [-0.2, -0.15) is 4.72 Å². The van der Waals surface area contributed by atoms with E-state index in [4.69, 9.17) is 14.2 Å². The molecule has 0 spiro atoms. The summed E-state index contributed by atoms with van der Waals surface area (Å²) in [6.07, 6.45) is 0.669. The Labute approximate surface area is 184 Å². The van der Waals surface area contributed by atoms with Gasteiger partial charge in [0.1, 0.15) is 6.54 Å². The van der Waals surface area contributed by atoms with Crippen LogP contribution in [0, 0.1) is 0 Å². The SMILES string of the molecule is O=C(COC(=O)CNS(=O)(=O)c1ccc2c(c1)OCCCO2)NC(=O)Cc1ccccc1. The van der Waals surface area contributed by atoms with Gasteiger partial charge in [-0.1, -0.05) is 30.3 Å². The van der Waals surface area contributed by atoms with E-state index in [1.807, 2.05) is 0 Å². The van der Waals surface area contributed by atoms with E-state index in [0.717, 1.165) is 5.56 Å². The molecule has 3 rings (SSSR count). The number of amides is 2. The standard InChI is InChI=1S/C21H22N2O8S/c24-19(11-15-5-2-1-3-6-15)23-20(25)14-31-21(26)13-22-32(27,28)16-7-8-17-18(12-16)30-10-4-9-29-17/h1-3,5-8,12,22H,4,9-11,13-14H2,(H,23,24,25). The predicted molar refractivity (Wildman–Crippen MR) is 111 cm³/mol. The van der Waals surface area contributed by atoms with Crippen molar-refractivity contribution >= 4 is 27.8 Å². The van der Waals surface area contributed by atoms with Crippen LogP contribution >= 0.6 is 0 Å². The molecule has 0 aromatic heterocycles. The van der Waals surface area contributed by atoms with Gasteiger partial charge in [-0.05, 0) is 17.7 Å². The van der Waals surface area contributed by atoms with E-state index in [2.05, 4.69) is 10.0 Å². The van der Waals surface area contributed by atoms with Gasteiger partial charge >= 0.3 is 5.97 Å². The lowest BCUT2D eigenvalue weighted by atomic mass is 10.1. The van der Waals surface area contributed by atoms with E-state index in [0.29, 0.717) is 31.1 Å². The van der Waals surface area contributed by atoms with Gasteiger partial charge in [-0.3, -0.25) is 19.7 Å². The van der Waals surface area contributed by atoms with E-state index in [-0.39, 0.29) is 11.3 Å². The monoisotopic (exact) mass is 462 g/mol. The number of imide groups is 1. The van der Waals surface area contributed by atoms with E-state index in [9.17, 15) is 22.8 Å². The number of fused-ring (bicyclic) bond motifs is 1. The molecule has 1 heterocycles. The number of nitrogens with one attached hydrogen (secondary N) is 2. The third-order valence-electron chi connectivity index (χ3n) is 4.29. The number of sulfonamides is 1. The van der Waals surface area contributed by atoms with Gasteiger partial charge in [0.2, 0.25) is 15.9 Å². The molecule has 0 bridgehead atoms. The van der Waals surface area contributed by atoms with Crippen LogP contribution in [0.4, 0.5) is 0 Å². The van der Waals surface area contributed by atoms with E-state index < -0.39 is 41.0 Å². The fourth-order valence-electron chi connectivity index (χ4n) is 2.76. The number of hydrogen-bond donors (Lipinski definition) is 2. The Morgan fingerprint density at radius 1 is 0.938 bits per heavy atom. The largest absolute Gasteiger partial charge is 0.490 e. The van der Waals surface area contributed by atoms with Crippen molar-refractivity contribution in [2.45, 2.75) is 17.7 Å². The summed E-state index contributed by atoms with van der Waals surface area (Å²) in [5, 5.41) is 2.10. The smallest absolute Gasteiger partial charge is 0.321 e. The van der Waals surface area contributed by atoms with Crippen molar-refractivity contribution < 1.29 is 37.0 Å². The molecule has 2 N–H and O–H groups in total. The van der Waals surface area contributed by atoms with Gasteiger partial charge < -0.3 is 14.2 Å². The third kappa shape index (κ3) is 6.79. The van der Waals surface area contributed by atoms with Crippen LogP contribution in [-0.4, -0.2) is 52.6 Å². The third-order valence-corrected chi connectivity index (χ3v) is 5.69. The minimum absolute atomic E-state index is 0.00411. The van der Waals surface area contributed by atoms with Crippen LogP contribution in [0.2, 0.25) is 0 Å². The lowest BCUT2D eigenvalue weighted by molar-refractivity contribution is -0.148. The Morgan fingerprint density at radius 3 is 2.41 bits per heavy atom. The first kappa shape index (κ1) is 23.2. The fourth-order valence-corrected chi connectivity index (χ4v) is 3.75. The molecule has 0 saturated heterocycles. The molecule has 32 heavy (non-hydrogen) atoms. The number of benzene rings is 2. The van der Waals surface area contributed by atoms with E-state index in [1.165, 1.54) is 18.2 Å². The van der Waals surface area contributed by atoms with E-state index in [1.54, 1.807) is 30.3 Å². The lowest BCUT2D eigenvalue weighted by Gasteiger charge is -2.11. The minimum Gasteiger partial charge on any atom is -0.490 e. The average Bonchev–Trinajstić information content (AvgIpc) is 3.02. The highest BCUT2D eigenvalue weighted by Gasteiger charge is 2.20. The molecule has 11 heteroatoms. The summed E-state index contributed by atoms with van der Waals surface area (Å²) in [6.45, 7) is -0.548. The number of hydrogen-bond acceptors (Lipinski definition) is 8. The summed E-state index contributed by atoms with van der Waals surface area (Å²) in [6, 6.07) is 12.9. The highest BCUT2D eigenvalue weighted by atomic mass is 32.2. The van der Waals surface area contributed by atoms with Crippen molar-refractivity contribution in [2.24, 2.45) is 0 Å². The molecule has 10 nitrogen and oxygen atoms in total. The van der Waals surface area contributed by atoms with Gasteiger partial charge in [0.25, 0.3) is 5.91 Å². The quantitative estimate of drug-likeness (QED) is 0.543. The van der Waals surface area contributed by atoms with Crippen LogP contribution < -0.4 is 19.5 Å². The Hall–Kier alpha value is -3.44. The fraction of sp³-hybridized carbons (Fsp3) is 0.286. The highest BCUT2D eigenvalue weighted by molar-refractivity contribution is 7.89. The summed E-state index contributed by atoms with van der Waals surface area (Å²) in [5.41, 5.74) is 0.721. The summed E-state index contributed by atoms with van der Waals surface area (Å²) < 4.78 is 42.6. The molecule has 1 aliphatic rings. The van der Waals surface area contributed by atoms with Crippen molar-refractivity contribution in [2.75, 3.05) is 26.4 Å². The first-order valence-electron chi connectivity index (χ1n) is 9.75. The number of carbonyl (C=O) groups is 3. The molecular weight excluding hydrogens is 440 g/mol. The Bertz CT molecular complexity index is 1090. The molecule has 0 radical (unpaired) electrons. The zero-order valence-corrected chi connectivity index (χ0v) is 17.9. The van der Waals surface area contributed by atoms with Gasteiger partial charge in [-0.25, -0.2) is 8.42 Å². The minimum atomic E-state index is -4.03. The second-order valence-corrected chi connectivity index (χ2v) is 8.54. The van der Waals surface area contributed by atoms with Crippen molar-refractivity contribution in [1.82, 2.24) is 10.0 Å². The van der Waals surface area contributed by atoms with Crippen molar-refractivity contribution in [3.8, 4) is 11.5 Å². The molecule has 0 atom stereocenters. The topological polar surface area (TPSA) is 137 Å². The first-order valence-corrected chi connectivity index (χ1v) is 11.2. The number of carbonyl (C=O) groups excluding carboxylic acids is 3. The summed E-state index contributed by atoms with van der Waals surface area (Å²) in [5.74, 6) is -1.61.